The van der Waals surface area contributed by atoms with E-state index in [0.717, 1.165) is 5.92 Å². The number of rotatable bonds is 0. The Morgan fingerprint density at radius 1 is 1.25 bits per heavy atom. The maximum Gasteiger partial charge on any atom is 0.0631 e. The molecular formula is C10H20N2. The molecule has 0 spiro atoms. The Kier molecular flexibility index (Phi) is 1.92. The third-order valence-corrected chi connectivity index (χ3v) is 3.25. The fraction of sp³-hybridized carbons (Fsp3) is 1.00. The van der Waals surface area contributed by atoms with Gasteiger partial charge in [-0.1, -0.05) is 0 Å². The van der Waals surface area contributed by atoms with Crippen LogP contribution in [0.15, 0.2) is 0 Å². The molecule has 0 aliphatic carbocycles. The summed E-state index contributed by atoms with van der Waals surface area (Å²) in [5.74, 6) is 0.934. The number of likely N-dealkylation sites (tertiary alicyclic amines) is 1. The Labute approximate surface area is 75.3 Å². The lowest BCUT2D eigenvalue weighted by molar-refractivity contribution is 0.103. The fourth-order valence-electron chi connectivity index (χ4n) is 2.60. The molecule has 2 rings (SSSR count). The molecular weight excluding hydrogens is 148 g/mol. The van der Waals surface area contributed by atoms with Gasteiger partial charge in [0.05, 0.1) is 6.17 Å². The first-order valence-corrected chi connectivity index (χ1v) is 5.09. The van der Waals surface area contributed by atoms with Crippen LogP contribution >= 0.6 is 0 Å². The second-order valence-corrected chi connectivity index (χ2v) is 5.10. The minimum atomic E-state index is 0.344. The predicted octanol–water partition coefficient (Wildman–Crippen LogP) is 1.43. The topological polar surface area (TPSA) is 15.3 Å². The lowest BCUT2D eigenvalue weighted by Gasteiger charge is -2.36. The van der Waals surface area contributed by atoms with Gasteiger partial charge in [-0.3, -0.25) is 4.90 Å². The van der Waals surface area contributed by atoms with E-state index in [-0.39, 0.29) is 0 Å². The van der Waals surface area contributed by atoms with Crippen molar-refractivity contribution in [3.8, 4) is 0 Å². The normalized spacial score (nSPS) is 37.2. The smallest absolute Gasteiger partial charge is 0.0631 e. The second-order valence-electron chi connectivity index (χ2n) is 5.10. The zero-order valence-corrected chi connectivity index (χ0v) is 8.43. The Morgan fingerprint density at radius 3 is 2.67 bits per heavy atom. The summed E-state index contributed by atoms with van der Waals surface area (Å²) in [6.45, 7) is 9.45. The average Bonchev–Trinajstić information content (AvgIpc) is 2.37. The number of hydrogen-bond donors (Lipinski definition) is 1. The molecule has 0 amide bonds. The zero-order chi connectivity index (χ0) is 8.77. The maximum absolute atomic E-state index is 3.60. The van der Waals surface area contributed by atoms with Crippen molar-refractivity contribution in [1.29, 1.82) is 0 Å². The first-order valence-electron chi connectivity index (χ1n) is 5.09. The Bertz CT molecular complexity index is 171. The van der Waals surface area contributed by atoms with Crippen LogP contribution in [0.2, 0.25) is 0 Å². The summed E-state index contributed by atoms with van der Waals surface area (Å²) in [7, 11) is 0. The Morgan fingerprint density at radius 2 is 2.00 bits per heavy atom. The van der Waals surface area contributed by atoms with E-state index in [1.807, 2.05) is 0 Å². The standard InChI is InChI=1S/C10H20N2/c1-10(2,3)12-7-5-8-4-6-11-9(8)12/h8-9,11H,4-7H2,1-3H3. The summed E-state index contributed by atoms with van der Waals surface area (Å²) >= 11 is 0. The van der Waals surface area contributed by atoms with Crippen LogP contribution in [0.4, 0.5) is 0 Å². The Hall–Kier alpha value is -0.0800. The maximum atomic E-state index is 3.60. The monoisotopic (exact) mass is 168 g/mol. The highest BCUT2D eigenvalue weighted by Crippen LogP contribution is 2.33. The molecule has 0 radical (unpaired) electrons. The van der Waals surface area contributed by atoms with Crippen LogP contribution in [0.5, 0.6) is 0 Å². The number of fused-ring (bicyclic) bond motifs is 1. The molecule has 2 saturated heterocycles. The molecule has 2 aliphatic rings. The van der Waals surface area contributed by atoms with Gasteiger partial charge in [-0.2, -0.15) is 0 Å². The number of nitrogens with one attached hydrogen (secondary N) is 1. The summed E-state index contributed by atoms with van der Waals surface area (Å²) in [5, 5.41) is 3.60. The second kappa shape index (κ2) is 2.71. The highest BCUT2D eigenvalue weighted by Gasteiger charge is 2.41. The predicted molar refractivity (Wildman–Crippen MR) is 51.0 cm³/mol. The third-order valence-electron chi connectivity index (χ3n) is 3.25. The van der Waals surface area contributed by atoms with Gasteiger partial charge in [-0.05, 0) is 46.1 Å². The van der Waals surface area contributed by atoms with Gasteiger partial charge >= 0.3 is 0 Å². The molecule has 0 aromatic carbocycles. The molecule has 2 atom stereocenters. The van der Waals surface area contributed by atoms with Gasteiger partial charge in [0.15, 0.2) is 0 Å². The largest absolute Gasteiger partial charge is 0.301 e. The van der Waals surface area contributed by atoms with Gasteiger partial charge in [0, 0.05) is 12.1 Å². The molecule has 2 unspecified atom stereocenters. The number of hydrogen-bond acceptors (Lipinski definition) is 2. The summed E-state index contributed by atoms with van der Waals surface area (Å²) in [4.78, 5) is 2.62. The number of nitrogens with zero attached hydrogens (tertiary/aromatic N) is 1. The van der Waals surface area contributed by atoms with Crippen LogP contribution in [0.3, 0.4) is 0 Å². The van der Waals surface area contributed by atoms with Gasteiger partial charge in [-0.15, -0.1) is 0 Å². The summed E-state index contributed by atoms with van der Waals surface area (Å²) in [6, 6.07) is 0. The van der Waals surface area contributed by atoms with Crippen molar-refractivity contribution in [1.82, 2.24) is 10.2 Å². The van der Waals surface area contributed by atoms with Crippen molar-refractivity contribution in [2.24, 2.45) is 5.92 Å². The highest BCUT2D eigenvalue weighted by atomic mass is 15.3. The average molecular weight is 168 g/mol. The van der Waals surface area contributed by atoms with Crippen LogP contribution in [0, 0.1) is 5.92 Å². The molecule has 2 heterocycles. The molecule has 1 N–H and O–H groups in total. The van der Waals surface area contributed by atoms with Crippen molar-refractivity contribution in [3.05, 3.63) is 0 Å². The minimum Gasteiger partial charge on any atom is -0.301 e. The quantitative estimate of drug-likeness (QED) is 0.588. The van der Waals surface area contributed by atoms with E-state index in [1.54, 1.807) is 0 Å². The van der Waals surface area contributed by atoms with E-state index < -0.39 is 0 Å². The summed E-state index contributed by atoms with van der Waals surface area (Å²) in [5.41, 5.74) is 0.344. The molecule has 12 heavy (non-hydrogen) atoms. The van der Waals surface area contributed by atoms with Crippen LogP contribution in [-0.2, 0) is 0 Å². The molecule has 2 fully saturated rings. The Balaban J connectivity index is 2.09. The van der Waals surface area contributed by atoms with E-state index in [0.29, 0.717) is 11.7 Å². The van der Waals surface area contributed by atoms with Crippen LogP contribution < -0.4 is 5.32 Å². The molecule has 70 valence electrons. The first-order chi connectivity index (χ1) is 5.59. The van der Waals surface area contributed by atoms with Crippen molar-refractivity contribution >= 4 is 0 Å². The fourth-order valence-corrected chi connectivity index (χ4v) is 2.60. The van der Waals surface area contributed by atoms with Crippen molar-refractivity contribution in [3.63, 3.8) is 0 Å². The molecule has 0 aromatic rings. The zero-order valence-electron chi connectivity index (χ0n) is 8.43. The third kappa shape index (κ3) is 1.27. The molecule has 0 bridgehead atoms. The molecule has 2 aliphatic heterocycles. The minimum absolute atomic E-state index is 0.344. The van der Waals surface area contributed by atoms with Crippen molar-refractivity contribution < 1.29 is 0 Å². The lowest BCUT2D eigenvalue weighted by atomic mass is 10.0. The molecule has 2 heteroatoms. The lowest BCUT2D eigenvalue weighted by Crippen LogP contribution is -2.49. The SMILES string of the molecule is CC(C)(C)N1CCC2CCNC21. The van der Waals surface area contributed by atoms with Crippen molar-refractivity contribution in [2.75, 3.05) is 13.1 Å². The molecule has 2 nitrogen and oxygen atoms in total. The van der Waals surface area contributed by atoms with Gasteiger partial charge in [-0.25, -0.2) is 0 Å². The van der Waals surface area contributed by atoms with E-state index >= 15 is 0 Å². The highest BCUT2D eigenvalue weighted by molar-refractivity contribution is 4.95. The van der Waals surface area contributed by atoms with E-state index in [4.69, 9.17) is 0 Å². The van der Waals surface area contributed by atoms with Gasteiger partial charge in [0.2, 0.25) is 0 Å². The van der Waals surface area contributed by atoms with Crippen molar-refractivity contribution in [2.45, 2.75) is 45.3 Å². The molecule has 0 aromatic heterocycles. The van der Waals surface area contributed by atoms with Crippen LogP contribution in [0.1, 0.15) is 33.6 Å². The van der Waals surface area contributed by atoms with E-state index in [1.165, 1.54) is 25.9 Å². The van der Waals surface area contributed by atoms with Gasteiger partial charge < -0.3 is 5.32 Å². The summed E-state index contributed by atoms with van der Waals surface area (Å²) in [6.07, 6.45) is 3.47. The molecule has 0 saturated carbocycles. The van der Waals surface area contributed by atoms with Crippen LogP contribution in [0.25, 0.3) is 0 Å². The van der Waals surface area contributed by atoms with Gasteiger partial charge in [0.25, 0.3) is 0 Å². The van der Waals surface area contributed by atoms with Gasteiger partial charge in [0.1, 0.15) is 0 Å². The van der Waals surface area contributed by atoms with E-state index in [9.17, 15) is 0 Å². The van der Waals surface area contributed by atoms with Crippen LogP contribution in [-0.4, -0.2) is 29.7 Å². The summed E-state index contributed by atoms with van der Waals surface area (Å²) < 4.78 is 0. The first kappa shape index (κ1) is 8.52. The van der Waals surface area contributed by atoms with E-state index in [2.05, 4.69) is 31.0 Å².